The van der Waals surface area contributed by atoms with Crippen molar-refractivity contribution in [1.29, 1.82) is 0 Å². The van der Waals surface area contributed by atoms with Crippen LogP contribution in [-0.2, 0) is 14.9 Å². The minimum Gasteiger partial charge on any atom is -0.381 e. The van der Waals surface area contributed by atoms with Crippen LogP contribution < -0.4 is 11.1 Å². The molecule has 110 valence electrons. The third kappa shape index (κ3) is 3.35. The van der Waals surface area contributed by atoms with Crippen LogP contribution >= 0.6 is 0 Å². The molecule has 0 aliphatic carbocycles. The minimum absolute atomic E-state index is 0.169. The van der Waals surface area contributed by atoms with E-state index in [1.807, 2.05) is 0 Å². The monoisotopic (exact) mass is 280 g/mol. The van der Waals surface area contributed by atoms with Crippen LogP contribution in [-0.4, -0.2) is 31.7 Å². The van der Waals surface area contributed by atoms with Crippen LogP contribution in [0, 0.1) is 5.82 Å². The maximum absolute atomic E-state index is 13.1. The van der Waals surface area contributed by atoms with Crippen LogP contribution in [0.25, 0.3) is 0 Å². The van der Waals surface area contributed by atoms with Gasteiger partial charge in [0.25, 0.3) is 0 Å². The fraction of sp³-hybridized carbons (Fsp3) is 0.533. The molecular formula is C15H21FN2O2. The number of carbonyl (C=O) groups is 1. The second-order valence-corrected chi connectivity index (χ2v) is 5.41. The van der Waals surface area contributed by atoms with Gasteiger partial charge in [0.05, 0.1) is 6.04 Å². The maximum atomic E-state index is 13.1. The SMILES string of the molecule is C[C@H](N)C(=O)NCC1(c2ccc(F)cc2)CCOCC1. The molecule has 1 aromatic rings. The maximum Gasteiger partial charge on any atom is 0.236 e. The van der Waals surface area contributed by atoms with Crippen LogP contribution in [0.3, 0.4) is 0 Å². The molecule has 3 N–H and O–H groups in total. The van der Waals surface area contributed by atoms with Gasteiger partial charge in [-0.3, -0.25) is 4.79 Å². The highest BCUT2D eigenvalue weighted by molar-refractivity contribution is 5.81. The topological polar surface area (TPSA) is 64.4 Å². The number of amides is 1. The summed E-state index contributed by atoms with van der Waals surface area (Å²) in [4.78, 5) is 11.7. The van der Waals surface area contributed by atoms with E-state index in [9.17, 15) is 9.18 Å². The summed E-state index contributed by atoms with van der Waals surface area (Å²) in [6, 6.07) is 5.97. The van der Waals surface area contributed by atoms with Gasteiger partial charge in [0.2, 0.25) is 5.91 Å². The Labute approximate surface area is 118 Å². The lowest BCUT2D eigenvalue weighted by Gasteiger charge is -2.38. The summed E-state index contributed by atoms with van der Waals surface area (Å²) < 4.78 is 18.5. The fourth-order valence-corrected chi connectivity index (χ4v) is 2.55. The zero-order chi connectivity index (χ0) is 14.6. The quantitative estimate of drug-likeness (QED) is 0.874. The number of hydrogen-bond acceptors (Lipinski definition) is 3. The van der Waals surface area contributed by atoms with Crippen molar-refractivity contribution >= 4 is 5.91 Å². The first-order valence-corrected chi connectivity index (χ1v) is 6.91. The Bertz CT molecular complexity index is 453. The van der Waals surface area contributed by atoms with Gasteiger partial charge in [0.15, 0.2) is 0 Å². The molecule has 1 amide bonds. The summed E-state index contributed by atoms with van der Waals surface area (Å²) in [5.74, 6) is -0.423. The van der Waals surface area contributed by atoms with Crippen molar-refractivity contribution in [2.24, 2.45) is 5.73 Å². The number of benzene rings is 1. The Morgan fingerprint density at radius 1 is 1.40 bits per heavy atom. The van der Waals surface area contributed by atoms with E-state index < -0.39 is 6.04 Å². The highest BCUT2D eigenvalue weighted by Crippen LogP contribution is 2.34. The Balaban J connectivity index is 2.17. The second-order valence-electron chi connectivity index (χ2n) is 5.41. The van der Waals surface area contributed by atoms with E-state index in [4.69, 9.17) is 10.5 Å². The van der Waals surface area contributed by atoms with Gasteiger partial charge in [-0.2, -0.15) is 0 Å². The molecule has 20 heavy (non-hydrogen) atoms. The largest absolute Gasteiger partial charge is 0.381 e. The Kier molecular flexibility index (Phi) is 4.73. The fourth-order valence-electron chi connectivity index (χ4n) is 2.55. The molecule has 1 fully saturated rings. The molecule has 0 unspecified atom stereocenters. The predicted octanol–water partition coefficient (Wildman–Crippen LogP) is 1.34. The number of halogens is 1. The molecule has 0 spiro atoms. The lowest BCUT2D eigenvalue weighted by molar-refractivity contribution is -0.122. The Morgan fingerprint density at radius 3 is 2.55 bits per heavy atom. The van der Waals surface area contributed by atoms with E-state index in [-0.39, 0.29) is 17.1 Å². The smallest absolute Gasteiger partial charge is 0.236 e. The summed E-state index contributed by atoms with van der Waals surface area (Å²) >= 11 is 0. The molecule has 4 nitrogen and oxygen atoms in total. The molecule has 1 aromatic carbocycles. The molecule has 1 heterocycles. The second kappa shape index (κ2) is 6.33. The van der Waals surface area contributed by atoms with Gasteiger partial charge in [-0.25, -0.2) is 4.39 Å². The van der Waals surface area contributed by atoms with Gasteiger partial charge in [0.1, 0.15) is 5.82 Å². The first kappa shape index (κ1) is 14.9. The average molecular weight is 280 g/mol. The number of rotatable bonds is 4. The summed E-state index contributed by atoms with van der Waals surface area (Å²) in [5.41, 5.74) is 6.40. The van der Waals surface area contributed by atoms with Crippen molar-refractivity contribution in [3.8, 4) is 0 Å². The lowest BCUT2D eigenvalue weighted by atomic mass is 9.74. The van der Waals surface area contributed by atoms with Crippen LogP contribution in [0.15, 0.2) is 24.3 Å². The molecule has 1 atom stereocenters. The van der Waals surface area contributed by atoms with Crippen LogP contribution in [0.4, 0.5) is 4.39 Å². The van der Waals surface area contributed by atoms with Crippen molar-refractivity contribution in [2.75, 3.05) is 19.8 Å². The van der Waals surface area contributed by atoms with Crippen molar-refractivity contribution in [3.63, 3.8) is 0 Å². The molecule has 0 aromatic heterocycles. The van der Waals surface area contributed by atoms with Gasteiger partial charge < -0.3 is 15.8 Å². The minimum atomic E-state index is -0.528. The number of ether oxygens (including phenoxy) is 1. The van der Waals surface area contributed by atoms with Gasteiger partial charge >= 0.3 is 0 Å². The highest BCUT2D eigenvalue weighted by Gasteiger charge is 2.35. The average Bonchev–Trinajstić information content (AvgIpc) is 2.46. The summed E-state index contributed by atoms with van der Waals surface area (Å²) in [7, 11) is 0. The van der Waals surface area contributed by atoms with Crippen molar-refractivity contribution < 1.29 is 13.9 Å². The third-order valence-electron chi connectivity index (χ3n) is 3.92. The lowest BCUT2D eigenvalue weighted by Crippen LogP contribution is -2.48. The van der Waals surface area contributed by atoms with Crippen LogP contribution in [0.1, 0.15) is 25.3 Å². The highest BCUT2D eigenvalue weighted by atomic mass is 19.1. The molecule has 1 aliphatic rings. The third-order valence-corrected chi connectivity index (χ3v) is 3.92. The zero-order valence-corrected chi connectivity index (χ0v) is 11.7. The van der Waals surface area contributed by atoms with E-state index in [0.29, 0.717) is 19.8 Å². The molecule has 2 rings (SSSR count). The van der Waals surface area contributed by atoms with Gasteiger partial charge in [-0.15, -0.1) is 0 Å². The van der Waals surface area contributed by atoms with Gasteiger partial charge in [-0.05, 0) is 37.5 Å². The van der Waals surface area contributed by atoms with Gasteiger partial charge in [0, 0.05) is 25.2 Å². The van der Waals surface area contributed by atoms with Crippen molar-refractivity contribution in [3.05, 3.63) is 35.6 Å². The van der Waals surface area contributed by atoms with Crippen LogP contribution in [0.2, 0.25) is 0 Å². The van der Waals surface area contributed by atoms with E-state index in [2.05, 4.69) is 5.32 Å². The zero-order valence-electron chi connectivity index (χ0n) is 11.7. The first-order chi connectivity index (χ1) is 9.53. The molecule has 0 radical (unpaired) electrons. The number of nitrogens with two attached hydrogens (primary N) is 1. The Hall–Kier alpha value is -1.46. The Morgan fingerprint density at radius 2 is 2.00 bits per heavy atom. The standard InChI is InChI=1S/C15H21FN2O2/c1-11(17)14(19)18-10-15(6-8-20-9-7-15)12-2-4-13(16)5-3-12/h2-5,11H,6-10,17H2,1H3,(H,18,19)/t11-/m0/s1. The van der Waals surface area contributed by atoms with Crippen molar-refractivity contribution in [1.82, 2.24) is 5.32 Å². The number of carbonyl (C=O) groups excluding carboxylic acids is 1. The van der Waals surface area contributed by atoms with Crippen molar-refractivity contribution in [2.45, 2.75) is 31.2 Å². The molecule has 0 bridgehead atoms. The summed E-state index contributed by atoms with van der Waals surface area (Å²) in [5, 5.41) is 2.89. The van der Waals surface area contributed by atoms with E-state index in [1.165, 1.54) is 12.1 Å². The molecule has 1 aliphatic heterocycles. The predicted molar refractivity (Wildman–Crippen MR) is 74.8 cm³/mol. The van der Waals surface area contributed by atoms with E-state index >= 15 is 0 Å². The summed E-state index contributed by atoms with van der Waals surface area (Å²) in [6.45, 7) is 3.45. The number of hydrogen-bond donors (Lipinski definition) is 2. The molecule has 5 heteroatoms. The van der Waals surface area contributed by atoms with Gasteiger partial charge in [-0.1, -0.05) is 12.1 Å². The molecule has 0 saturated carbocycles. The summed E-state index contributed by atoms with van der Waals surface area (Å²) in [6.07, 6.45) is 1.61. The van der Waals surface area contributed by atoms with Crippen LogP contribution in [0.5, 0.6) is 0 Å². The number of nitrogens with one attached hydrogen (secondary N) is 1. The molecule has 1 saturated heterocycles. The normalized spacial score (nSPS) is 19.4. The molecular weight excluding hydrogens is 259 g/mol. The van der Waals surface area contributed by atoms with E-state index in [1.54, 1.807) is 19.1 Å². The first-order valence-electron chi connectivity index (χ1n) is 6.91. The van der Waals surface area contributed by atoms with E-state index in [0.717, 1.165) is 18.4 Å².